The Morgan fingerprint density at radius 2 is 1.60 bits per heavy atom. The van der Waals surface area contributed by atoms with E-state index in [9.17, 15) is 31.4 Å². The van der Waals surface area contributed by atoms with E-state index >= 15 is 0 Å². The number of anilines is 1. The van der Waals surface area contributed by atoms with Gasteiger partial charge in [-0.3, -0.25) is 4.98 Å². The van der Waals surface area contributed by atoms with E-state index in [2.05, 4.69) is 20.3 Å². The largest absolute Gasteiger partial charge is 0.433 e. The Bertz CT molecular complexity index is 1010. The molecule has 30 heavy (non-hydrogen) atoms. The summed E-state index contributed by atoms with van der Waals surface area (Å²) in [6, 6.07) is 7.55. The molecule has 1 aromatic carbocycles. The third-order valence-corrected chi connectivity index (χ3v) is 4.03. The van der Waals surface area contributed by atoms with Gasteiger partial charge in [0, 0.05) is 30.6 Å². The predicted octanol–water partition coefficient (Wildman–Crippen LogP) is 4.72. The van der Waals surface area contributed by atoms with Gasteiger partial charge < -0.3 is 10.4 Å². The highest BCUT2D eigenvalue weighted by molar-refractivity contribution is 5.57. The molecule has 0 aliphatic carbocycles. The fraction of sp³-hybridized carbons (Fsp3) is 0.211. The van der Waals surface area contributed by atoms with Crippen LogP contribution in [0.5, 0.6) is 0 Å². The first-order valence-corrected chi connectivity index (χ1v) is 8.50. The topological polar surface area (TPSA) is 70.9 Å². The zero-order valence-electron chi connectivity index (χ0n) is 15.0. The fourth-order valence-electron chi connectivity index (χ4n) is 2.55. The molecular weight excluding hydrogens is 414 g/mol. The van der Waals surface area contributed by atoms with Crippen LogP contribution >= 0.6 is 0 Å². The summed E-state index contributed by atoms with van der Waals surface area (Å²) in [5, 5.41) is 12.7. The number of halogens is 6. The summed E-state index contributed by atoms with van der Waals surface area (Å²) in [6.07, 6.45) is -8.02. The summed E-state index contributed by atoms with van der Waals surface area (Å²) < 4.78 is 78.0. The Balaban J connectivity index is 1.84. The minimum absolute atomic E-state index is 0.0446. The summed E-state index contributed by atoms with van der Waals surface area (Å²) >= 11 is 0. The smallest absolute Gasteiger partial charge is 0.387 e. The third-order valence-electron chi connectivity index (χ3n) is 4.03. The molecular formula is C19H14F6N4O. The number of aliphatic hydroxyl groups is 1. The maximum absolute atomic E-state index is 13.2. The number of pyridine rings is 1. The number of hydrogen-bond acceptors (Lipinski definition) is 5. The van der Waals surface area contributed by atoms with Crippen LogP contribution in [0.3, 0.4) is 0 Å². The van der Waals surface area contributed by atoms with E-state index in [-0.39, 0.29) is 29.3 Å². The highest BCUT2D eigenvalue weighted by Crippen LogP contribution is 2.32. The Labute approximate surface area is 166 Å². The first-order chi connectivity index (χ1) is 14.0. The normalized spacial score (nSPS) is 13.2. The number of nitrogens with one attached hydrogen (secondary N) is 1. The van der Waals surface area contributed by atoms with Gasteiger partial charge in [0.15, 0.2) is 11.5 Å². The molecule has 0 saturated carbocycles. The summed E-state index contributed by atoms with van der Waals surface area (Å²) in [6.45, 7) is -0.370. The van der Waals surface area contributed by atoms with Crippen LogP contribution in [0.25, 0.3) is 11.4 Å². The van der Waals surface area contributed by atoms with Crippen molar-refractivity contribution in [2.45, 2.75) is 18.5 Å². The molecule has 0 fully saturated rings. The van der Waals surface area contributed by atoms with Gasteiger partial charge in [-0.25, -0.2) is 9.97 Å². The lowest BCUT2D eigenvalue weighted by atomic mass is 10.1. The van der Waals surface area contributed by atoms with Crippen LogP contribution in [0.1, 0.15) is 22.9 Å². The summed E-state index contributed by atoms with van der Waals surface area (Å²) in [5.41, 5.74) is -1.91. The number of alkyl halides is 6. The zero-order chi connectivity index (χ0) is 21.9. The highest BCUT2D eigenvalue weighted by Gasteiger charge is 2.34. The van der Waals surface area contributed by atoms with E-state index in [1.165, 1.54) is 30.6 Å². The maximum Gasteiger partial charge on any atom is 0.433 e. The zero-order valence-corrected chi connectivity index (χ0v) is 15.0. The molecule has 0 amide bonds. The van der Waals surface area contributed by atoms with Crippen LogP contribution in [-0.2, 0) is 12.4 Å². The minimum atomic E-state index is -4.75. The molecule has 1 unspecified atom stereocenters. The van der Waals surface area contributed by atoms with Crippen LogP contribution in [0, 0.1) is 0 Å². The van der Waals surface area contributed by atoms with Gasteiger partial charge >= 0.3 is 12.4 Å². The van der Waals surface area contributed by atoms with Crippen molar-refractivity contribution in [3.8, 4) is 11.4 Å². The van der Waals surface area contributed by atoms with Crippen molar-refractivity contribution in [1.82, 2.24) is 15.0 Å². The Hall–Kier alpha value is -3.21. The average Bonchev–Trinajstić information content (AvgIpc) is 2.71. The molecule has 2 aromatic heterocycles. The van der Waals surface area contributed by atoms with Crippen molar-refractivity contribution in [1.29, 1.82) is 0 Å². The van der Waals surface area contributed by atoms with Crippen molar-refractivity contribution < 1.29 is 31.4 Å². The van der Waals surface area contributed by atoms with Gasteiger partial charge in [0.2, 0.25) is 0 Å². The van der Waals surface area contributed by atoms with Crippen molar-refractivity contribution in [2.24, 2.45) is 0 Å². The molecule has 0 aliphatic heterocycles. The van der Waals surface area contributed by atoms with Crippen LogP contribution in [0.2, 0.25) is 0 Å². The monoisotopic (exact) mass is 428 g/mol. The van der Waals surface area contributed by atoms with E-state index in [1.807, 2.05) is 0 Å². The van der Waals surface area contributed by atoms with E-state index in [4.69, 9.17) is 0 Å². The molecule has 0 spiro atoms. The molecule has 2 N–H and O–H groups in total. The molecule has 3 aromatic rings. The molecule has 11 heteroatoms. The van der Waals surface area contributed by atoms with Crippen LogP contribution in [0.15, 0.2) is 54.9 Å². The lowest BCUT2D eigenvalue weighted by Crippen LogP contribution is -2.16. The first kappa shape index (κ1) is 21.5. The lowest BCUT2D eigenvalue weighted by Gasteiger charge is -2.16. The Kier molecular flexibility index (Phi) is 5.92. The second-order valence-electron chi connectivity index (χ2n) is 6.22. The van der Waals surface area contributed by atoms with E-state index in [1.54, 1.807) is 0 Å². The van der Waals surface area contributed by atoms with Crippen molar-refractivity contribution in [3.05, 3.63) is 71.7 Å². The molecule has 0 saturated heterocycles. The van der Waals surface area contributed by atoms with Gasteiger partial charge in [-0.15, -0.1) is 0 Å². The average molecular weight is 428 g/mol. The molecule has 2 heterocycles. The van der Waals surface area contributed by atoms with Crippen LogP contribution < -0.4 is 5.32 Å². The predicted molar refractivity (Wildman–Crippen MR) is 95.2 cm³/mol. The standard InChI is InChI=1S/C19H14F6N4O/c20-18(21,22)13-3-1-2-12(8-13)14(30)10-27-16-9-15(19(23,24)25)28-17(29-16)11-4-6-26-7-5-11/h1-9,14,30H,10H2,(H,27,28,29). The molecule has 1 atom stereocenters. The van der Waals surface area contributed by atoms with Gasteiger partial charge in [0.25, 0.3) is 0 Å². The van der Waals surface area contributed by atoms with Gasteiger partial charge in [-0.05, 0) is 29.8 Å². The highest BCUT2D eigenvalue weighted by atomic mass is 19.4. The second-order valence-corrected chi connectivity index (χ2v) is 6.22. The third kappa shape index (κ3) is 5.23. The van der Waals surface area contributed by atoms with Crippen LogP contribution in [0.4, 0.5) is 32.2 Å². The Morgan fingerprint density at radius 1 is 0.900 bits per heavy atom. The molecule has 0 bridgehead atoms. The summed E-state index contributed by atoms with van der Waals surface area (Å²) in [7, 11) is 0. The second kappa shape index (κ2) is 8.27. The quantitative estimate of drug-likeness (QED) is 0.576. The number of hydrogen-bond donors (Lipinski definition) is 2. The van der Waals surface area contributed by atoms with Crippen molar-refractivity contribution in [2.75, 3.05) is 11.9 Å². The summed E-state index contributed by atoms with van der Waals surface area (Å²) in [4.78, 5) is 11.3. The van der Waals surface area contributed by atoms with Crippen molar-refractivity contribution in [3.63, 3.8) is 0 Å². The van der Waals surface area contributed by atoms with E-state index in [0.29, 0.717) is 6.07 Å². The van der Waals surface area contributed by atoms with Gasteiger partial charge in [-0.2, -0.15) is 26.3 Å². The van der Waals surface area contributed by atoms with E-state index in [0.717, 1.165) is 18.2 Å². The van der Waals surface area contributed by atoms with Gasteiger partial charge in [0.05, 0.1) is 11.7 Å². The van der Waals surface area contributed by atoms with E-state index < -0.39 is 29.7 Å². The van der Waals surface area contributed by atoms with Gasteiger partial charge in [0.1, 0.15) is 5.82 Å². The molecule has 158 valence electrons. The van der Waals surface area contributed by atoms with Crippen LogP contribution in [-0.4, -0.2) is 26.6 Å². The summed E-state index contributed by atoms with van der Waals surface area (Å²) in [5.74, 6) is -0.460. The molecule has 3 rings (SSSR count). The Morgan fingerprint density at radius 3 is 2.23 bits per heavy atom. The number of aromatic nitrogens is 3. The fourth-order valence-corrected chi connectivity index (χ4v) is 2.55. The number of benzene rings is 1. The lowest BCUT2D eigenvalue weighted by molar-refractivity contribution is -0.141. The number of aliphatic hydroxyl groups excluding tert-OH is 1. The number of nitrogens with zero attached hydrogens (tertiary/aromatic N) is 3. The maximum atomic E-state index is 13.2. The molecule has 0 aliphatic rings. The SMILES string of the molecule is OC(CNc1cc(C(F)(F)F)nc(-c2ccncc2)n1)c1cccc(C(F)(F)F)c1. The van der Waals surface area contributed by atoms with Gasteiger partial charge in [-0.1, -0.05) is 12.1 Å². The first-order valence-electron chi connectivity index (χ1n) is 8.50. The number of rotatable bonds is 5. The van der Waals surface area contributed by atoms with Crippen molar-refractivity contribution >= 4 is 5.82 Å². The minimum Gasteiger partial charge on any atom is -0.387 e. The molecule has 0 radical (unpaired) electrons. The molecule has 5 nitrogen and oxygen atoms in total.